The Morgan fingerprint density at radius 3 is 2.00 bits per heavy atom. The lowest BCUT2D eigenvalue weighted by atomic mass is 10.0. The monoisotopic (exact) mass is 384 g/mol. The first-order chi connectivity index (χ1) is 13.4. The van der Waals surface area contributed by atoms with Crippen LogP contribution >= 0.6 is 0 Å². The van der Waals surface area contributed by atoms with Crippen molar-refractivity contribution in [3.8, 4) is 16.9 Å². The number of amides is 3. The molecule has 28 heavy (non-hydrogen) atoms. The zero-order valence-corrected chi connectivity index (χ0v) is 15.5. The molecule has 0 heterocycles. The Labute approximate surface area is 161 Å². The van der Waals surface area contributed by atoms with Crippen LogP contribution in [0, 0.1) is 0 Å². The van der Waals surface area contributed by atoms with Gasteiger partial charge in [0.1, 0.15) is 5.75 Å². The van der Waals surface area contributed by atoms with E-state index >= 15 is 0 Å². The fourth-order valence-electron chi connectivity index (χ4n) is 2.26. The number of carbonyl (C=O) groups excluding carboxylic acids is 4. The molecule has 2 N–H and O–H groups in total. The summed E-state index contributed by atoms with van der Waals surface area (Å²) in [5.41, 5.74) is 1.99. The quantitative estimate of drug-likeness (QED) is 0.584. The first kappa shape index (κ1) is 20.6. The van der Waals surface area contributed by atoms with E-state index in [-0.39, 0.29) is 5.56 Å². The van der Waals surface area contributed by atoms with Gasteiger partial charge in [-0.05, 0) is 42.3 Å². The number of benzene rings is 2. The second-order valence-electron chi connectivity index (χ2n) is 5.68. The third-order valence-electron chi connectivity index (χ3n) is 3.49. The van der Waals surface area contributed by atoms with Gasteiger partial charge in [-0.2, -0.15) is 0 Å². The fraction of sp³-hybridized carbons (Fsp3) is 0.200. The molecule has 3 amide bonds. The van der Waals surface area contributed by atoms with Crippen molar-refractivity contribution in [2.45, 2.75) is 13.8 Å². The van der Waals surface area contributed by atoms with Crippen LogP contribution < -0.4 is 15.4 Å². The molecule has 146 valence electrons. The van der Waals surface area contributed by atoms with Crippen molar-refractivity contribution in [2.24, 2.45) is 0 Å². The second-order valence-corrected chi connectivity index (χ2v) is 5.68. The van der Waals surface area contributed by atoms with Crippen molar-refractivity contribution in [3.63, 3.8) is 0 Å². The predicted molar refractivity (Wildman–Crippen MR) is 101 cm³/mol. The topological polar surface area (TPSA) is 111 Å². The molecular weight excluding hydrogens is 364 g/mol. The molecule has 0 fully saturated rings. The van der Waals surface area contributed by atoms with Gasteiger partial charge in [-0.3, -0.25) is 14.9 Å². The highest BCUT2D eigenvalue weighted by molar-refractivity contribution is 5.97. The van der Waals surface area contributed by atoms with E-state index in [0.717, 1.165) is 11.1 Å². The lowest BCUT2D eigenvalue weighted by molar-refractivity contribution is -0.131. The molecule has 0 unspecified atom stereocenters. The Morgan fingerprint density at radius 1 is 0.893 bits per heavy atom. The minimum absolute atomic E-state index is 0.270. The van der Waals surface area contributed by atoms with Crippen LogP contribution in [0.3, 0.4) is 0 Å². The van der Waals surface area contributed by atoms with Gasteiger partial charge in [0.15, 0.2) is 6.61 Å². The minimum atomic E-state index is -0.719. The molecule has 2 aromatic rings. The van der Waals surface area contributed by atoms with Crippen LogP contribution in [0.1, 0.15) is 24.2 Å². The molecule has 0 aliphatic carbocycles. The van der Waals surface area contributed by atoms with Crippen LogP contribution in [0.25, 0.3) is 11.1 Å². The van der Waals surface area contributed by atoms with Gasteiger partial charge in [-0.1, -0.05) is 24.3 Å². The molecule has 0 bridgehead atoms. The Bertz CT molecular complexity index is 859. The molecule has 0 aliphatic heterocycles. The third kappa shape index (κ3) is 6.24. The summed E-state index contributed by atoms with van der Waals surface area (Å²) in [7, 11) is 0. The smallest absolute Gasteiger partial charge is 0.338 e. The lowest BCUT2D eigenvalue weighted by Crippen LogP contribution is -2.41. The number of nitrogens with one attached hydrogen (secondary N) is 2. The number of urea groups is 1. The molecular formula is C20H20N2O6. The highest BCUT2D eigenvalue weighted by Crippen LogP contribution is 2.23. The van der Waals surface area contributed by atoms with Crippen LogP contribution in [0.15, 0.2) is 48.5 Å². The standard InChI is InChI=1S/C20H20N2O6/c1-3-21-20(26)22-18(24)12-27-19(25)16-6-4-14(5-7-16)15-8-10-17(11-9-15)28-13(2)23/h4-11H,3,12H2,1-2H3,(H2,21,22,24,26). The predicted octanol–water partition coefficient (Wildman–Crippen LogP) is 2.28. The molecule has 2 aromatic carbocycles. The van der Waals surface area contributed by atoms with Crippen LogP contribution in [-0.2, 0) is 14.3 Å². The van der Waals surface area contributed by atoms with E-state index in [9.17, 15) is 19.2 Å². The lowest BCUT2D eigenvalue weighted by Gasteiger charge is -2.07. The molecule has 8 nitrogen and oxygen atoms in total. The molecule has 0 radical (unpaired) electrons. The van der Waals surface area contributed by atoms with E-state index in [4.69, 9.17) is 9.47 Å². The zero-order valence-electron chi connectivity index (χ0n) is 15.5. The van der Waals surface area contributed by atoms with Crippen molar-refractivity contribution < 1.29 is 28.7 Å². The van der Waals surface area contributed by atoms with E-state index in [1.54, 1.807) is 55.5 Å². The van der Waals surface area contributed by atoms with E-state index < -0.39 is 30.5 Å². The number of hydrogen-bond donors (Lipinski definition) is 2. The SMILES string of the molecule is CCNC(=O)NC(=O)COC(=O)c1ccc(-c2ccc(OC(C)=O)cc2)cc1. The zero-order chi connectivity index (χ0) is 20.5. The average Bonchev–Trinajstić information content (AvgIpc) is 2.66. The number of esters is 2. The highest BCUT2D eigenvalue weighted by Gasteiger charge is 2.12. The maximum Gasteiger partial charge on any atom is 0.338 e. The van der Waals surface area contributed by atoms with E-state index in [2.05, 4.69) is 5.32 Å². The van der Waals surface area contributed by atoms with Crippen LogP contribution in [-0.4, -0.2) is 37.0 Å². The van der Waals surface area contributed by atoms with Gasteiger partial charge in [0.05, 0.1) is 5.56 Å². The molecule has 2 rings (SSSR count). The summed E-state index contributed by atoms with van der Waals surface area (Å²) in [5, 5.41) is 4.43. The van der Waals surface area contributed by atoms with Crippen molar-refractivity contribution in [1.29, 1.82) is 0 Å². The summed E-state index contributed by atoms with van der Waals surface area (Å²) in [4.78, 5) is 45.7. The number of hydrogen-bond acceptors (Lipinski definition) is 6. The number of carbonyl (C=O) groups is 4. The van der Waals surface area contributed by atoms with E-state index in [0.29, 0.717) is 12.3 Å². The summed E-state index contributed by atoms with van der Waals surface area (Å²) >= 11 is 0. The molecule has 0 aromatic heterocycles. The Morgan fingerprint density at radius 2 is 1.46 bits per heavy atom. The number of rotatable bonds is 6. The largest absolute Gasteiger partial charge is 0.452 e. The normalized spacial score (nSPS) is 9.93. The molecule has 0 saturated heterocycles. The maximum absolute atomic E-state index is 12.0. The second kappa shape index (κ2) is 9.86. The summed E-state index contributed by atoms with van der Waals surface area (Å²) in [5.74, 6) is -1.34. The molecule has 0 saturated carbocycles. The van der Waals surface area contributed by atoms with E-state index in [1.165, 1.54) is 6.92 Å². The maximum atomic E-state index is 12.0. The fourth-order valence-corrected chi connectivity index (χ4v) is 2.26. The van der Waals surface area contributed by atoms with Gasteiger partial charge < -0.3 is 14.8 Å². The van der Waals surface area contributed by atoms with Gasteiger partial charge in [0.25, 0.3) is 5.91 Å². The van der Waals surface area contributed by atoms with Crippen molar-refractivity contribution in [1.82, 2.24) is 10.6 Å². The summed E-state index contributed by atoms with van der Waals surface area (Å²) in [6.07, 6.45) is 0. The minimum Gasteiger partial charge on any atom is -0.452 e. The van der Waals surface area contributed by atoms with Crippen LogP contribution in [0.5, 0.6) is 5.75 Å². The summed E-state index contributed by atoms with van der Waals surface area (Å²) < 4.78 is 9.87. The van der Waals surface area contributed by atoms with Crippen molar-refractivity contribution >= 4 is 23.9 Å². The summed E-state index contributed by atoms with van der Waals surface area (Å²) in [6.45, 7) is 2.85. The average molecular weight is 384 g/mol. The summed E-state index contributed by atoms with van der Waals surface area (Å²) in [6, 6.07) is 12.9. The van der Waals surface area contributed by atoms with Crippen molar-refractivity contribution in [2.75, 3.05) is 13.2 Å². The van der Waals surface area contributed by atoms with Crippen LogP contribution in [0.2, 0.25) is 0 Å². The Kier molecular flexibility index (Phi) is 7.27. The van der Waals surface area contributed by atoms with Crippen molar-refractivity contribution in [3.05, 3.63) is 54.1 Å². The van der Waals surface area contributed by atoms with E-state index in [1.807, 2.05) is 5.32 Å². The van der Waals surface area contributed by atoms with Gasteiger partial charge in [0, 0.05) is 13.5 Å². The Hall–Kier alpha value is -3.68. The highest BCUT2D eigenvalue weighted by atomic mass is 16.5. The number of imide groups is 1. The van der Waals surface area contributed by atoms with Gasteiger partial charge >= 0.3 is 18.0 Å². The first-order valence-corrected chi connectivity index (χ1v) is 8.52. The van der Waals surface area contributed by atoms with Gasteiger partial charge in [0.2, 0.25) is 0 Å². The van der Waals surface area contributed by atoms with Gasteiger partial charge in [-0.25, -0.2) is 9.59 Å². The number of ether oxygens (including phenoxy) is 2. The van der Waals surface area contributed by atoms with Gasteiger partial charge in [-0.15, -0.1) is 0 Å². The molecule has 8 heteroatoms. The molecule has 0 atom stereocenters. The van der Waals surface area contributed by atoms with Crippen LogP contribution in [0.4, 0.5) is 4.79 Å². The molecule has 0 aliphatic rings. The molecule has 0 spiro atoms. The third-order valence-corrected chi connectivity index (χ3v) is 3.49. The first-order valence-electron chi connectivity index (χ1n) is 8.52. The Balaban J connectivity index is 1.92.